The average molecular weight is 727 g/mol. The third-order valence-corrected chi connectivity index (χ3v) is 12.1. The smallest absolute Gasteiger partial charge is 0.337 e. The highest BCUT2D eigenvalue weighted by atomic mass is 32.2. The molecule has 6 rings (SSSR count). The fraction of sp³-hybridized carbons (Fsp3) is 0.333. The number of esters is 1. The molecular formula is C39H42N4O6S2. The van der Waals surface area contributed by atoms with Crippen LogP contribution in [0.25, 0.3) is 0 Å². The Morgan fingerprint density at radius 3 is 2.16 bits per heavy atom. The van der Waals surface area contributed by atoms with Gasteiger partial charge in [-0.2, -0.15) is 0 Å². The first kappa shape index (κ1) is 36.3. The van der Waals surface area contributed by atoms with E-state index in [4.69, 9.17) is 4.74 Å². The number of nitrogens with one attached hydrogen (secondary N) is 2. The van der Waals surface area contributed by atoms with E-state index in [1.807, 2.05) is 40.7 Å². The first-order chi connectivity index (χ1) is 24.7. The summed E-state index contributed by atoms with van der Waals surface area (Å²) in [5.74, 6) is -0.964. The molecule has 51 heavy (non-hydrogen) atoms. The van der Waals surface area contributed by atoms with Gasteiger partial charge in [-0.1, -0.05) is 30.3 Å². The number of thiophene rings is 1. The van der Waals surface area contributed by atoms with Crippen molar-refractivity contribution < 1.29 is 28.5 Å². The van der Waals surface area contributed by atoms with Crippen LogP contribution in [0.15, 0.2) is 77.7 Å². The van der Waals surface area contributed by atoms with E-state index in [2.05, 4.69) is 10.6 Å². The van der Waals surface area contributed by atoms with Crippen molar-refractivity contribution in [1.29, 1.82) is 0 Å². The SMILES string of the molecule is COC(=O)c1ccc(CCCc2ccc(NC(=O)c3c(NC(=O)c4cccc([S+]([O-])N5CCN(C(C)=O)CC5)c4)sc4c3CCCC4)cc2)cc1. The Morgan fingerprint density at radius 1 is 0.824 bits per heavy atom. The maximum atomic E-state index is 13.8. The lowest BCUT2D eigenvalue weighted by Gasteiger charge is -2.33. The van der Waals surface area contributed by atoms with Crippen molar-refractivity contribution in [1.82, 2.24) is 9.21 Å². The third-order valence-electron chi connectivity index (χ3n) is 9.36. The van der Waals surface area contributed by atoms with E-state index in [-0.39, 0.29) is 23.7 Å². The summed E-state index contributed by atoms with van der Waals surface area (Å²) < 4.78 is 19.9. The molecule has 1 fully saturated rings. The summed E-state index contributed by atoms with van der Waals surface area (Å²) in [5, 5.41) is 6.59. The predicted octanol–water partition coefficient (Wildman–Crippen LogP) is 6.28. The first-order valence-corrected chi connectivity index (χ1v) is 19.2. The number of methoxy groups -OCH3 is 1. The molecule has 1 aliphatic heterocycles. The maximum absolute atomic E-state index is 13.8. The molecule has 0 radical (unpaired) electrons. The summed E-state index contributed by atoms with van der Waals surface area (Å²) in [6.07, 6.45) is 6.34. The molecule has 0 saturated carbocycles. The van der Waals surface area contributed by atoms with Crippen LogP contribution in [0.3, 0.4) is 0 Å². The average Bonchev–Trinajstić information content (AvgIpc) is 3.53. The number of amides is 3. The number of piperazine rings is 1. The molecule has 2 heterocycles. The van der Waals surface area contributed by atoms with E-state index in [1.54, 1.807) is 41.3 Å². The van der Waals surface area contributed by atoms with E-state index in [1.165, 1.54) is 25.4 Å². The van der Waals surface area contributed by atoms with Gasteiger partial charge in [0, 0.05) is 42.2 Å². The third kappa shape index (κ3) is 8.88. The fourth-order valence-corrected chi connectivity index (χ4v) is 9.00. The molecule has 1 unspecified atom stereocenters. The molecule has 1 saturated heterocycles. The molecule has 1 aromatic heterocycles. The molecule has 3 aromatic carbocycles. The zero-order valence-corrected chi connectivity index (χ0v) is 30.5. The number of anilines is 2. The van der Waals surface area contributed by atoms with Gasteiger partial charge >= 0.3 is 5.97 Å². The lowest BCUT2D eigenvalue weighted by Crippen LogP contribution is -2.49. The van der Waals surface area contributed by atoms with Crippen LogP contribution in [0.4, 0.5) is 10.7 Å². The van der Waals surface area contributed by atoms with Gasteiger partial charge in [0.2, 0.25) is 5.91 Å². The normalized spacial score (nSPS) is 15.1. The van der Waals surface area contributed by atoms with Crippen LogP contribution in [0.2, 0.25) is 0 Å². The van der Waals surface area contributed by atoms with Crippen molar-refractivity contribution in [2.24, 2.45) is 0 Å². The highest BCUT2D eigenvalue weighted by Gasteiger charge is 2.30. The van der Waals surface area contributed by atoms with Gasteiger partial charge in [-0.25, -0.2) is 4.79 Å². The van der Waals surface area contributed by atoms with Crippen LogP contribution in [-0.2, 0) is 46.6 Å². The van der Waals surface area contributed by atoms with Crippen LogP contribution in [0, 0.1) is 0 Å². The number of fused-ring (bicyclic) bond motifs is 1. The van der Waals surface area contributed by atoms with Crippen LogP contribution in [0.5, 0.6) is 0 Å². The minimum absolute atomic E-state index is 0.00528. The lowest BCUT2D eigenvalue weighted by molar-refractivity contribution is -0.129. The number of nitrogens with zero attached hydrogens (tertiary/aromatic N) is 2. The van der Waals surface area contributed by atoms with E-state index >= 15 is 0 Å². The van der Waals surface area contributed by atoms with Crippen LogP contribution in [0.1, 0.15) is 78.8 Å². The summed E-state index contributed by atoms with van der Waals surface area (Å²) in [6.45, 7) is 3.53. The van der Waals surface area contributed by atoms with E-state index in [0.717, 1.165) is 66.5 Å². The van der Waals surface area contributed by atoms with Gasteiger partial charge in [-0.05, 0) is 98.0 Å². The number of benzene rings is 3. The van der Waals surface area contributed by atoms with Crippen molar-refractivity contribution in [3.8, 4) is 0 Å². The molecule has 3 amide bonds. The Labute approximate surface area is 305 Å². The van der Waals surface area contributed by atoms with Gasteiger partial charge in [0.1, 0.15) is 5.00 Å². The summed E-state index contributed by atoms with van der Waals surface area (Å²) in [7, 11) is 1.37. The zero-order chi connectivity index (χ0) is 35.9. The molecule has 2 N–H and O–H groups in total. The van der Waals surface area contributed by atoms with Gasteiger partial charge in [-0.3, -0.25) is 14.4 Å². The number of rotatable bonds is 11. The van der Waals surface area contributed by atoms with Crippen molar-refractivity contribution in [2.45, 2.75) is 56.8 Å². The van der Waals surface area contributed by atoms with E-state index in [9.17, 15) is 23.7 Å². The minimum atomic E-state index is -1.48. The fourth-order valence-electron chi connectivity index (χ4n) is 6.50. The highest BCUT2D eigenvalue weighted by Crippen LogP contribution is 2.39. The van der Waals surface area contributed by atoms with Gasteiger partial charge in [0.25, 0.3) is 11.8 Å². The number of carbonyl (C=O) groups is 4. The highest BCUT2D eigenvalue weighted by molar-refractivity contribution is 7.89. The van der Waals surface area contributed by atoms with Crippen LogP contribution in [-0.4, -0.2) is 70.7 Å². The second-order valence-electron chi connectivity index (χ2n) is 12.8. The van der Waals surface area contributed by atoms with Crippen LogP contribution < -0.4 is 10.6 Å². The summed E-state index contributed by atoms with van der Waals surface area (Å²) >= 11 is -0.0192. The molecule has 4 aromatic rings. The largest absolute Gasteiger partial charge is 0.593 e. The second kappa shape index (κ2) is 16.7. The summed E-state index contributed by atoms with van der Waals surface area (Å²) in [5.41, 5.74) is 5.38. The van der Waals surface area contributed by atoms with Crippen LogP contribution >= 0.6 is 11.3 Å². The van der Waals surface area contributed by atoms with Gasteiger partial charge in [0.15, 0.2) is 4.90 Å². The number of hydrogen-bond acceptors (Lipinski definition) is 8. The molecule has 0 spiro atoms. The van der Waals surface area contributed by atoms with Crippen molar-refractivity contribution in [3.05, 3.63) is 111 Å². The molecule has 10 nitrogen and oxygen atoms in total. The van der Waals surface area contributed by atoms with Gasteiger partial charge in [-0.15, -0.1) is 15.6 Å². The number of aryl methyl sites for hydroxylation is 3. The molecule has 0 bridgehead atoms. The molecule has 266 valence electrons. The molecule has 1 atom stereocenters. The Bertz CT molecular complexity index is 1880. The van der Waals surface area contributed by atoms with Crippen molar-refractivity contribution in [2.75, 3.05) is 43.9 Å². The number of carbonyl (C=O) groups excluding carboxylic acids is 4. The van der Waals surface area contributed by atoms with Gasteiger partial charge < -0.3 is 24.8 Å². The molecule has 2 aliphatic rings. The zero-order valence-electron chi connectivity index (χ0n) is 28.9. The van der Waals surface area contributed by atoms with Crippen molar-refractivity contribution in [3.63, 3.8) is 0 Å². The second-order valence-corrected chi connectivity index (χ2v) is 15.4. The lowest BCUT2D eigenvalue weighted by atomic mass is 9.95. The van der Waals surface area contributed by atoms with Crippen molar-refractivity contribution >= 4 is 57.1 Å². The summed E-state index contributed by atoms with van der Waals surface area (Å²) in [6, 6.07) is 22.1. The Balaban J connectivity index is 1.09. The van der Waals surface area contributed by atoms with Gasteiger partial charge in [0.05, 0.1) is 42.7 Å². The van der Waals surface area contributed by atoms with E-state index in [0.29, 0.717) is 58.5 Å². The van der Waals surface area contributed by atoms with E-state index < -0.39 is 11.4 Å². The molecule has 12 heteroatoms. The monoisotopic (exact) mass is 726 g/mol. The topological polar surface area (TPSA) is 131 Å². The number of hydrogen-bond donors (Lipinski definition) is 2. The molecule has 1 aliphatic carbocycles. The Hall–Kier alpha value is -4.49. The quantitative estimate of drug-likeness (QED) is 0.137. The number of ether oxygens (including phenoxy) is 1. The maximum Gasteiger partial charge on any atom is 0.337 e. The first-order valence-electron chi connectivity index (χ1n) is 17.3. The minimum Gasteiger partial charge on any atom is -0.593 e. The summed E-state index contributed by atoms with van der Waals surface area (Å²) in [4.78, 5) is 54.1. The molecular weight excluding hydrogens is 685 g/mol. The standard InChI is InChI=1S/C39H42N4O6S2/c1-26(44)42-21-23-43(24-22-42)51(48)32-10-6-9-30(25-32)36(45)41-38-35(33-11-3-4-12-34(33)50-38)37(46)40-31-19-15-28(16-20-31)8-5-7-27-13-17-29(18-14-27)39(47)49-2/h6,9-10,13-20,25H,3-5,7-8,11-12,21-24H2,1-2H3,(H,40,46)(H,41,45). The predicted molar refractivity (Wildman–Crippen MR) is 200 cm³/mol. The Kier molecular flexibility index (Phi) is 11.9. The Morgan fingerprint density at radius 2 is 1.49 bits per heavy atom.